The molecule has 33 heavy (non-hydrogen) atoms. The van der Waals surface area contributed by atoms with E-state index < -0.39 is 5.92 Å². The summed E-state index contributed by atoms with van der Waals surface area (Å²) in [5, 5.41) is 6.56. The highest BCUT2D eigenvalue weighted by Gasteiger charge is 2.38. The minimum atomic E-state index is -0.415. The third kappa shape index (κ3) is 5.61. The lowest BCUT2D eigenvalue weighted by atomic mass is 9.94. The minimum Gasteiger partial charge on any atom is -0.466 e. The van der Waals surface area contributed by atoms with Crippen molar-refractivity contribution in [2.45, 2.75) is 38.6 Å². The summed E-state index contributed by atoms with van der Waals surface area (Å²) < 4.78 is 5.03. The molecule has 2 aliphatic heterocycles. The lowest BCUT2D eigenvalue weighted by Crippen LogP contribution is -2.69. The van der Waals surface area contributed by atoms with Crippen LogP contribution in [0, 0.1) is 5.92 Å². The van der Waals surface area contributed by atoms with Gasteiger partial charge in [-0.15, -0.1) is 0 Å². The number of rotatable bonds is 7. The topological polar surface area (TPSA) is 73.9 Å². The Morgan fingerprint density at radius 1 is 1.00 bits per heavy atom. The molecule has 3 unspecified atom stereocenters. The van der Waals surface area contributed by atoms with Crippen molar-refractivity contribution in [3.63, 3.8) is 0 Å². The van der Waals surface area contributed by atoms with E-state index in [1.54, 1.807) is 6.92 Å². The van der Waals surface area contributed by atoms with Crippen LogP contribution in [0.25, 0.3) is 0 Å². The summed E-state index contributed by atoms with van der Waals surface area (Å²) in [5.41, 5.74) is 2.58. The second-order valence-electron chi connectivity index (χ2n) is 8.78. The minimum absolute atomic E-state index is 0.0896. The van der Waals surface area contributed by atoms with Crippen molar-refractivity contribution in [2.75, 3.05) is 32.8 Å². The summed E-state index contributed by atoms with van der Waals surface area (Å²) in [4.78, 5) is 29.4. The van der Waals surface area contributed by atoms with E-state index in [0.29, 0.717) is 6.61 Å². The van der Waals surface area contributed by atoms with Gasteiger partial charge in [-0.1, -0.05) is 60.7 Å². The second kappa shape index (κ2) is 10.9. The molecule has 0 saturated carbocycles. The zero-order valence-corrected chi connectivity index (χ0v) is 19.4. The predicted molar refractivity (Wildman–Crippen MR) is 127 cm³/mol. The molecule has 2 heterocycles. The molecule has 0 radical (unpaired) electrons. The largest absolute Gasteiger partial charge is 0.466 e. The Balaban J connectivity index is 1.39. The molecule has 0 spiro atoms. The molecule has 2 fully saturated rings. The summed E-state index contributed by atoms with van der Waals surface area (Å²) in [6.45, 7) is 7.52. The van der Waals surface area contributed by atoms with Gasteiger partial charge in [-0.2, -0.15) is 0 Å². The summed E-state index contributed by atoms with van der Waals surface area (Å²) in [5.74, 6) is -0.832. The average Bonchev–Trinajstić information content (AvgIpc) is 2.83. The van der Waals surface area contributed by atoms with Gasteiger partial charge >= 0.3 is 5.97 Å². The van der Waals surface area contributed by atoms with Crippen LogP contribution < -0.4 is 10.6 Å². The molecular formula is C26H34N4O3. The van der Waals surface area contributed by atoms with E-state index in [-0.39, 0.29) is 36.7 Å². The second-order valence-corrected chi connectivity index (χ2v) is 8.78. The molecule has 2 saturated heterocycles. The van der Waals surface area contributed by atoms with Crippen molar-refractivity contribution in [1.29, 1.82) is 0 Å². The molecule has 7 nitrogen and oxygen atoms in total. The molecule has 7 heteroatoms. The van der Waals surface area contributed by atoms with Crippen LogP contribution >= 0.6 is 0 Å². The maximum absolute atomic E-state index is 12.7. The Bertz CT molecular complexity index is 876. The van der Waals surface area contributed by atoms with E-state index >= 15 is 0 Å². The molecule has 4 rings (SSSR count). The lowest BCUT2D eigenvalue weighted by Gasteiger charge is -2.46. The van der Waals surface area contributed by atoms with Gasteiger partial charge in [-0.3, -0.25) is 24.7 Å². The number of ether oxygens (including phenoxy) is 1. The highest BCUT2D eigenvalue weighted by atomic mass is 16.5. The van der Waals surface area contributed by atoms with Crippen LogP contribution in [-0.4, -0.2) is 66.8 Å². The van der Waals surface area contributed by atoms with E-state index in [0.717, 1.165) is 26.2 Å². The first-order valence-electron chi connectivity index (χ1n) is 11.9. The van der Waals surface area contributed by atoms with Gasteiger partial charge in [0.1, 0.15) is 6.29 Å². The molecule has 3 atom stereocenters. The van der Waals surface area contributed by atoms with Crippen LogP contribution in [0.15, 0.2) is 60.7 Å². The van der Waals surface area contributed by atoms with E-state index in [9.17, 15) is 9.59 Å². The number of hydrogen-bond acceptors (Lipinski definition) is 6. The van der Waals surface area contributed by atoms with Gasteiger partial charge in [0.15, 0.2) is 0 Å². The number of nitrogens with zero attached hydrogens (tertiary/aromatic N) is 2. The smallest absolute Gasteiger partial charge is 0.306 e. The lowest BCUT2D eigenvalue weighted by molar-refractivity contribution is -0.149. The summed E-state index contributed by atoms with van der Waals surface area (Å²) in [7, 11) is 0. The number of piperazine rings is 1. The highest BCUT2D eigenvalue weighted by Crippen LogP contribution is 2.29. The van der Waals surface area contributed by atoms with Crippen molar-refractivity contribution < 1.29 is 14.3 Å². The molecule has 0 aromatic heterocycles. The Morgan fingerprint density at radius 2 is 1.58 bits per heavy atom. The molecule has 1 amide bonds. The summed E-state index contributed by atoms with van der Waals surface area (Å²) in [6, 6.07) is 21.4. The van der Waals surface area contributed by atoms with Gasteiger partial charge in [0.05, 0.1) is 25.0 Å². The molecule has 2 aromatic carbocycles. The van der Waals surface area contributed by atoms with Crippen molar-refractivity contribution in [3.8, 4) is 0 Å². The zero-order valence-electron chi connectivity index (χ0n) is 19.4. The maximum atomic E-state index is 12.7. The fourth-order valence-corrected chi connectivity index (χ4v) is 4.88. The quantitative estimate of drug-likeness (QED) is 0.631. The molecule has 2 aliphatic rings. The normalized spacial score (nSPS) is 24.5. The van der Waals surface area contributed by atoms with Gasteiger partial charge in [-0.05, 0) is 25.0 Å². The highest BCUT2D eigenvalue weighted by molar-refractivity contribution is 5.85. The van der Waals surface area contributed by atoms with E-state index in [2.05, 4.69) is 81.1 Å². The van der Waals surface area contributed by atoms with Crippen molar-refractivity contribution in [3.05, 3.63) is 71.8 Å². The molecular weight excluding hydrogens is 416 g/mol. The van der Waals surface area contributed by atoms with Crippen LogP contribution in [0.2, 0.25) is 0 Å². The number of carbonyl (C=O) groups excluding carboxylic acids is 2. The first kappa shape index (κ1) is 23.4. The van der Waals surface area contributed by atoms with E-state index in [1.165, 1.54) is 11.1 Å². The maximum Gasteiger partial charge on any atom is 0.306 e. The molecule has 176 valence electrons. The summed E-state index contributed by atoms with van der Waals surface area (Å²) >= 11 is 0. The number of hydrogen-bond donors (Lipinski definition) is 2. The molecule has 0 bridgehead atoms. The van der Waals surface area contributed by atoms with Gasteiger partial charge in [0, 0.05) is 32.2 Å². The average molecular weight is 451 g/mol. The predicted octanol–water partition coefficient (Wildman–Crippen LogP) is 2.35. The molecule has 0 aliphatic carbocycles. The number of amides is 1. The first-order valence-corrected chi connectivity index (χ1v) is 11.9. The van der Waals surface area contributed by atoms with Crippen molar-refractivity contribution in [2.24, 2.45) is 5.92 Å². The Kier molecular flexibility index (Phi) is 7.75. The fourth-order valence-electron chi connectivity index (χ4n) is 4.88. The van der Waals surface area contributed by atoms with Gasteiger partial charge in [0.25, 0.3) is 0 Å². The number of nitrogens with one attached hydrogen (secondary N) is 2. The molecule has 2 aromatic rings. The third-order valence-corrected chi connectivity index (χ3v) is 6.64. The number of benzene rings is 2. The Labute approximate surface area is 196 Å². The Morgan fingerprint density at radius 3 is 2.09 bits per heavy atom. The standard InChI is InChI=1S/C26H34N4O3/c1-3-33-23(31)18-22-19(2)27-26(28-25(22)32)30-16-14-29(15-17-30)24(20-10-6-4-7-11-20)21-12-8-5-9-13-21/h4-13,19,22,24,26-27H,3,14-18H2,1-2H3,(H,28,32). The third-order valence-electron chi connectivity index (χ3n) is 6.64. The summed E-state index contributed by atoms with van der Waals surface area (Å²) in [6.07, 6.45) is -0.121. The SMILES string of the molecule is CCOC(=O)CC1C(=O)NC(N2CCN(C(c3ccccc3)c3ccccc3)CC2)NC1C. The van der Waals surface area contributed by atoms with Crippen LogP contribution in [0.3, 0.4) is 0 Å². The van der Waals surface area contributed by atoms with E-state index in [4.69, 9.17) is 4.74 Å². The van der Waals surface area contributed by atoms with Crippen LogP contribution in [0.1, 0.15) is 37.4 Å². The number of carbonyl (C=O) groups is 2. The van der Waals surface area contributed by atoms with Gasteiger partial charge < -0.3 is 10.1 Å². The number of esters is 1. The Hall–Kier alpha value is -2.74. The molecule has 2 N–H and O–H groups in total. The zero-order chi connectivity index (χ0) is 23.2. The van der Waals surface area contributed by atoms with Crippen LogP contribution in [0.5, 0.6) is 0 Å². The van der Waals surface area contributed by atoms with Crippen LogP contribution in [0.4, 0.5) is 0 Å². The van der Waals surface area contributed by atoms with Crippen LogP contribution in [-0.2, 0) is 14.3 Å². The van der Waals surface area contributed by atoms with Gasteiger partial charge in [0.2, 0.25) is 5.91 Å². The van der Waals surface area contributed by atoms with Gasteiger partial charge in [-0.25, -0.2) is 0 Å². The van der Waals surface area contributed by atoms with E-state index in [1.807, 2.05) is 6.92 Å². The monoisotopic (exact) mass is 450 g/mol. The fraction of sp³-hybridized carbons (Fsp3) is 0.462. The van der Waals surface area contributed by atoms with Crippen molar-refractivity contribution >= 4 is 11.9 Å². The van der Waals surface area contributed by atoms with Crippen molar-refractivity contribution in [1.82, 2.24) is 20.4 Å². The first-order chi connectivity index (χ1) is 16.1.